The van der Waals surface area contributed by atoms with Gasteiger partial charge < -0.3 is 14.5 Å². The number of methoxy groups -OCH3 is 1. The molecule has 0 aromatic heterocycles. The zero-order valence-electron chi connectivity index (χ0n) is 18.6. The summed E-state index contributed by atoms with van der Waals surface area (Å²) in [5, 5.41) is 0. The molecule has 1 aliphatic heterocycles. The predicted molar refractivity (Wildman–Crippen MR) is 120 cm³/mol. The molecule has 30 heavy (non-hydrogen) atoms. The van der Waals surface area contributed by atoms with E-state index in [2.05, 4.69) is 49.3 Å². The molecule has 0 N–H and O–H groups in total. The van der Waals surface area contributed by atoms with Crippen LogP contribution >= 0.6 is 0 Å². The van der Waals surface area contributed by atoms with Crippen LogP contribution < -0.4 is 4.74 Å². The van der Waals surface area contributed by atoms with Crippen molar-refractivity contribution in [1.29, 1.82) is 0 Å². The first-order valence-electron chi connectivity index (χ1n) is 10.8. The summed E-state index contributed by atoms with van der Waals surface area (Å²) in [7, 11) is 8.03. The molecule has 160 valence electrons. The minimum absolute atomic E-state index is 0.0415. The summed E-state index contributed by atoms with van der Waals surface area (Å²) in [6, 6.07) is 19.0. The molecule has 5 heteroatoms. The van der Waals surface area contributed by atoms with Crippen molar-refractivity contribution in [1.82, 2.24) is 14.7 Å². The van der Waals surface area contributed by atoms with Crippen LogP contribution in [0.5, 0.6) is 5.75 Å². The van der Waals surface area contributed by atoms with Crippen LogP contribution in [0.3, 0.4) is 0 Å². The van der Waals surface area contributed by atoms with Gasteiger partial charge in [0.15, 0.2) is 0 Å². The van der Waals surface area contributed by atoms with Crippen LogP contribution in [-0.4, -0.2) is 61.1 Å². The van der Waals surface area contributed by atoms with Crippen molar-refractivity contribution in [3.8, 4) is 5.75 Å². The fourth-order valence-electron chi connectivity index (χ4n) is 5.38. The van der Waals surface area contributed by atoms with E-state index in [1.165, 1.54) is 5.56 Å². The predicted octanol–water partition coefficient (Wildman–Crippen LogP) is 4.33. The fourth-order valence-corrected chi connectivity index (χ4v) is 5.38. The van der Waals surface area contributed by atoms with Crippen LogP contribution in [0.4, 0.5) is 4.79 Å². The molecule has 2 amide bonds. The lowest BCUT2D eigenvalue weighted by Crippen LogP contribution is -2.54. The monoisotopic (exact) mass is 407 g/mol. The molecule has 0 radical (unpaired) electrons. The van der Waals surface area contributed by atoms with E-state index in [1.54, 1.807) is 7.11 Å². The van der Waals surface area contributed by atoms with Crippen molar-refractivity contribution in [2.45, 2.75) is 43.3 Å². The third-order valence-electron chi connectivity index (χ3n) is 7.46. The third kappa shape index (κ3) is 3.45. The second kappa shape index (κ2) is 7.95. The molecule has 1 saturated heterocycles. The molecule has 1 saturated carbocycles. The standard InChI is InChI=1S/C25H33N3O2/c1-26(2)25(21-8-6-5-7-9-21)16-14-24(15-17-25)19-28(23(29)27(24)3)18-20-10-12-22(30-4)13-11-20/h5-13H,14-19H2,1-4H3. The number of urea groups is 1. The van der Waals surface area contributed by atoms with Crippen LogP contribution in [-0.2, 0) is 12.1 Å². The zero-order valence-corrected chi connectivity index (χ0v) is 18.6. The first-order chi connectivity index (χ1) is 14.4. The number of hydrogen-bond acceptors (Lipinski definition) is 3. The first-order valence-corrected chi connectivity index (χ1v) is 10.8. The second-order valence-corrected chi connectivity index (χ2v) is 9.06. The molecule has 1 heterocycles. The van der Waals surface area contributed by atoms with Gasteiger partial charge in [0.25, 0.3) is 0 Å². The van der Waals surface area contributed by atoms with Crippen LogP contribution in [0.15, 0.2) is 54.6 Å². The number of rotatable bonds is 5. The largest absolute Gasteiger partial charge is 0.497 e. The average molecular weight is 408 g/mol. The van der Waals surface area contributed by atoms with E-state index in [-0.39, 0.29) is 17.1 Å². The van der Waals surface area contributed by atoms with Crippen molar-refractivity contribution in [2.75, 3.05) is 34.8 Å². The number of benzene rings is 2. The van der Waals surface area contributed by atoms with Gasteiger partial charge in [-0.1, -0.05) is 42.5 Å². The number of ether oxygens (including phenoxy) is 1. The van der Waals surface area contributed by atoms with Gasteiger partial charge in [-0.3, -0.25) is 4.90 Å². The van der Waals surface area contributed by atoms with Gasteiger partial charge >= 0.3 is 6.03 Å². The van der Waals surface area contributed by atoms with Gasteiger partial charge in [-0.2, -0.15) is 0 Å². The lowest BCUT2D eigenvalue weighted by Gasteiger charge is -2.50. The molecule has 1 spiro atoms. The summed E-state index contributed by atoms with van der Waals surface area (Å²) in [4.78, 5) is 19.5. The molecule has 2 aromatic rings. The fraction of sp³-hybridized carbons (Fsp3) is 0.480. The molecule has 0 atom stereocenters. The number of carbonyl (C=O) groups excluding carboxylic acids is 1. The Bertz CT molecular complexity index is 871. The highest BCUT2D eigenvalue weighted by Gasteiger charge is 2.53. The molecule has 1 aliphatic carbocycles. The van der Waals surface area contributed by atoms with Gasteiger partial charge in [0.1, 0.15) is 5.75 Å². The molecule has 2 aliphatic rings. The molecule has 2 aromatic carbocycles. The van der Waals surface area contributed by atoms with E-state index >= 15 is 0 Å². The third-order valence-corrected chi connectivity index (χ3v) is 7.46. The molecular formula is C25H33N3O2. The maximum atomic E-state index is 13.1. The van der Waals surface area contributed by atoms with Crippen molar-refractivity contribution in [2.24, 2.45) is 0 Å². The zero-order chi connectivity index (χ0) is 21.4. The first kappa shape index (κ1) is 20.7. The molecular weight excluding hydrogens is 374 g/mol. The summed E-state index contributed by atoms with van der Waals surface area (Å²) in [6.07, 6.45) is 4.14. The van der Waals surface area contributed by atoms with Crippen molar-refractivity contribution >= 4 is 6.03 Å². The van der Waals surface area contributed by atoms with Crippen molar-refractivity contribution in [3.05, 3.63) is 65.7 Å². The van der Waals surface area contributed by atoms with Crippen LogP contribution in [0, 0.1) is 0 Å². The Labute approximate surface area is 180 Å². The summed E-state index contributed by atoms with van der Waals surface area (Å²) in [5.74, 6) is 0.841. The number of likely N-dealkylation sites (N-methyl/N-ethyl adjacent to an activating group) is 1. The van der Waals surface area contributed by atoms with Gasteiger partial charge in [-0.15, -0.1) is 0 Å². The second-order valence-electron chi connectivity index (χ2n) is 9.06. The van der Waals surface area contributed by atoms with Crippen molar-refractivity contribution < 1.29 is 9.53 Å². The van der Waals surface area contributed by atoms with Crippen molar-refractivity contribution in [3.63, 3.8) is 0 Å². The topological polar surface area (TPSA) is 36.0 Å². The molecule has 5 nitrogen and oxygen atoms in total. The molecule has 2 fully saturated rings. The van der Waals surface area contributed by atoms with Gasteiger partial charge in [0.05, 0.1) is 12.6 Å². The Morgan fingerprint density at radius 3 is 2.17 bits per heavy atom. The quantitative estimate of drug-likeness (QED) is 0.740. The van der Waals surface area contributed by atoms with E-state index in [0.717, 1.165) is 43.5 Å². The Kier molecular flexibility index (Phi) is 5.49. The Hall–Kier alpha value is -2.53. The minimum Gasteiger partial charge on any atom is -0.497 e. The van der Waals surface area contributed by atoms with E-state index in [0.29, 0.717) is 6.54 Å². The number of carbonyl (C=O) groups is 1. The SMILES string of the molecule is COc1ccc(CN2CC3(CCC(c4ccccc4)(N(C)C)CC3)N(C)C2=O)cc1. The van der Waals surface area contributed by atoms with E-state index in [1.807, 2.05) is 41.1 Å². The Morgan fingerprint density at radius 2 is 1.60 bits per heavy atom. The Morgan fingerprint density at radius 1 is 0.967 bits per heavy atom. The summed E-state index contributed by atoms with van der Waals surface area (Å²) < 4.78 is 5.25. The number of hydrogen-bond donors (Lipinski definition) is 0. The lowest BCUT2D eigenvalue weighted by molar-refractivity contribution is 0.0319. The highest BCUT2D eigenvalue weighted by molar-refractivity contribution is 5.78. The van der Waals surface area contributed by atoms with Gasteiger partial charge in [0, 0.05) is 25.7 Å². The van der Waals surface area contributed by atoms with Crippen LogP contribution in [0.25, 0.3) is 0 Å². The highest BCUT2D eigenvalue weighted by Crippen LogP contribution is 2.48. The molecule has 0 bridgehead atoms. The van der Waals surface area contributed by atoms with Crippen LogP contribution in [0.1, 0.15) is 36.8 Å². The summed E-state index contributed by atoms with van der Waals surface area (Å²) in [6.45, 7) is 1.44. The Balaban J connectivity index is 1.51. The molecule has 0 unspecified atom stereocenters. The van der Waals surface area contributed by atoms with E-state index in [9.17, 15) is 4.79 Å². The average Bonchev–Trinajstić information content (AvgIpc) is 3.00. The highest BCUT2D eigenvalue weighted by atomic mass is 16.5. The summed E-state index contributed by atoms with van der Waals surface area (Å²) >= 11 is 0. The normalized spacial score (nSPS) is 26.6. The van der Waals surface area contributed by atoms with E-state index in [4.69, 9.17) is 4.74 Å². The smallest absolute Gasteiger partial charge is 0.320 e. The maximum Gasteiger partial charge on any atom is 0.320 e. The maximum absolute atomic E-state index is 13.1. The van der Waals surface area contributed by atoms with E-state index < -0.39 is 0 Å². The van der Waals surface area contributed by atoms with Gasteiger partial charge in [-0.05, 0) is 63.0 Å². The minimum atomic E-state index is -0.0716. The van der Waals surface area contributed by atoms with Crippen LogP contribution in [0.2, 0.25) is 0 Å². The number of nitrogens with zero attached hydrogens (tertiary/aromatic N) is 3. The summed E-state index contributed by atoms with van der Waals surface area (Å²) in [5.41, 5.74) is 2.49. The molecule has 4 rings (SSSR count). The number of amides is 2. The van der Waals surface area contributed by atoms with Gasteiger partial charge in [0.2, 0.25) is 0 Å². The van der Waals surface area contributed by atoms with Gasteiger partial charge in [-0.25, -0.2) is 4.79 Å². The lowest BCUT2D eigenvalue weighted by atomic mass is 9.68.